The van der Waals surface area contributed by atoms with E-state index in [9.17, 15) is 8.42 Å². The Bertz CT molecular complexity index is 645. The molecule has 3 N–H and O–H groups in total. The van der Waals surface area contributed by atoms with Crippen molar-refractivity contribution in [1.82, 2.24) is 20.0 Å². The average molecular weight is 252 g/mol. The van der Waals surface area contributed by atoms with Crippen LogP contribution in [-0.2, 0) is 10.0 Å². The molecule has 7 heteroatoms. The molecule has 2 aromatic rings. The number of rotatable bonds is 3. The minimum atomic E-state index is -3.46. The highest BCUT2D eigenvalue weighted by Crippen LogP contribution is 2.20. The lowest BCUT2D eigenvalue weighted by atomic mass is 10.2. The van der Waals surface area contributed by atoms with E-state index >= 15 is 0 Å². The van der Waals surface area contributed by atoms with Gasteiger partial charge in [-0.05, 0) is 12.1 Å². The molecule has 3 heterocycles. The smallest absolute Gasteiger partial charge is 0.243 e. The molecule has 1 saturated heterocycles. The fourth-order valence-corrected chi connectivity index (χ4v) is 3.21. The largest absolute Gasteiger partial charge is 0.345 e. The van der Waals surface area contributed by atoms with Crippen molar-refractivity contribution in [1.29, 1.82) is 0 Å². The highest BCUT2D eigenvalue weighted by atomic mass is 32.2. The van der Waals surface area contributed by atoms with Crippen LogP contribution in [0.5, 0.6) is 0 Å². The third kappa shape index (κ3) is 1.82. The molecule has 90 valence electrons. The minimum absolute atomic E-state index is 0.0124. The molecule has 0 aliphatic carbocycles. The van der Waals surface area contributed by atoms with E-state index in [2.05, 4.69) is 20.0 Å². The zero-order valence-electron chi connectivity index (χ0n) is 8.97. The molecule has 1 fully saturated rings. The maximum atomic E-state index is 12.1. The van der Waals surface area contributed by atoms with Crippen molar-refractivity contribution >= 4 is 21.1 Å². The molecule has 0 aromatic carbocycles. The predicted octanol–water partition coefficient (Wildman–Crippen LogP) is -0.187. The minimum Gasteiger partial charge on any atom is -0.345 e. The molecule has 2 aromatic heterocycles. The Morgan fingerprint density at radius 1 is 1.41 bits per heavy atom. The van der Waals surface area contributed by atoms with E-state index in [0.29, 0.717) is 24.1 Å². The topological polar surface area (TPSA) is 86.9 Å². The Kier molecular flexibility index (Phi) is 2.39. The second-order valence-electron chi connectivity index (χ2n) is 4.03. The Hall–Kier alpha value is -1.44. The molecule has 0 radical (unpaired) electrons. The predicted molar refractivity (Wildman–Crippen MR) is 63.1 cm³/mol. The summed E-state index contributed by atoms with van der Waals surface area (Å²) in [6.45, 7) is 1.36. The molecule has 0 amide bonds. The van der Waals surface area contributed by atoms with E-state index in [0.717, 1.165) is 0 Å². The Morgan fingerprint density at radius 3 is 2.94 bits per heavy atom. The molecule has 0 bridgehead atoms. The number of aromatic nitrogens is 2. The van der Waals surface area contributed by atoms with Crippen LogP contribution in [0.25, 0.3) is 11.0 Å². The van der Waals surface area contributed by atoms with Crippen LogP contribution in [0.2, 0.25) is 0 Å². The van der Waals surface area contributed by atoms with Crippen LogP contribution in [-0.4, -0.2) is 37.5 Å². The summed E-state index contributed by atoms with van der Waals surface area (Å²) in [5.74, 6) is 0. The number of nitrogens with one attached hydrogen (secondary N) is 3. The van der Waals surface area contributed by atoms with Crippen LogP contribution in [0.1, 0.15) is 0 Å². The van der Waals surface area contributed by atoms with Gasteiger partial charge in [0.15, 0.2) is 0 Å². The normalized spacial score (nSPS) is 17.2. The molecule has 1 aliphatic heterocycles. The van der Waals surface area contributed by atoms with Gasteiger partial charge in [0.1, 0.15) is 10.5 Å². The molecule has 0 atom stereocenters. The van der Waals surface area contributed by atoms with E-state index in [1.165, 1.54) is 6.20 Å². The van der Waals surface area contributed by atoms with Crippen LogP contribution < -0.4 is 10.0 Å². The van der Waals surface area contributed by atoms with Gasteiger partial charge in [-0.2, -0.15) is 0 Å². The van der Waals surface area contributed by atoms with Crippen molar-refractivity contribution in [3.63, 3.8) is 0 Å². The van der Waals surface area contributed by atoms with E-state index in [4.69, 9.17) is 0 Å². The molecular formula is C10H12N4O2S. The standard InChI is InChI=1S/C10H12N4O2S/c15-17(16,14-7-4-11-5-7)9-6-13-10-8(9)2-1-3-12-10/h1-3,6-7,11,14H,4-5H2,(H,12,13). The summed E-state index contributed by atoms with van der Waals surface area (Å²) in [5.41, 5.74) is 0.583. The van der Waals surface area contributed by atoms with E-state index in [-0.39, 0.29) is 10.9 Å². The van der Waals surface area contributed by atoms with Crippen LogP contribution in [0, 0.1) is 0 Å². The van der Waals surface area contributed by atoms with Gasteiger partial charge in [0, 0.05) is 36.9 Å². The molecule has 0 spiro atoms. The monoisotopic (exact) mass is 252 g/mol. The Balaban J connectivity index is 2.02. The van der Waals surface area contributed by atoms with Gasteiger partial charge in [-0.15, -0.1) is 0 Å². The summed E-state index contributed by atoms with van der Waals surface area (Å²) in [6.07, 6.45) is 3.10. The molecule has 0 unspecified atom stereocenters. The number of hydrogen-bond donors (Lipinski definition) is 3. The molecule has 17 heavy (non-hydrogen) atoms. The van der Waals surface area contributed by atoms with Gasteiger partial charge in [-0.25, -0.2) is 18.1 Å². The Labute approximate surface area is 98.5 Å². The van der Waals surface area contributed by atoms with Crippen molar-refractivity contribution in [3.05, 3.63) is 24.5 Å². The fraction of sp³-hybridized carbons (Fsp3) is 0.300. The highest BCUT2D eigenvalue weighted by molar-refractivity contribution is 7.89. The molecule has 6 nitrogen and oxygen atoms in total. The third-order valence-electron chi connectivity index (χ3n) is 2.81. The number of fused-ring (bicyclic) bond motifs is 1. The van der Waals surface area contributed by atoms with Gasteiger partial charge >= 0.3 is 0 Å². The second-order valence-corrected chi connectivity index (χ2v) is 5.71. The zero-order chi connectivity index (χ0) is 11.9. The van der Waals surface area contributed by atoms with Gasteiger partial charge in [0.2, 0.25) is 10.0 Å². The maximum absolute atomic E-state index is 12.1. The van der Waals surface area contributed by atoms with Gasteiger partial charge < -0.3 is 10.3 Å². The second kappa shape index (κ2) is 3.80. The zero-order valence-corrected chi connectivity index (χ0v) is 9.79. The first kappa shape index (κ1) is 10.7. The van der Waals surface area contributed by atoms with Gasteiger partial charge in [-0.1, -0.05) is 0 Å². The van der Waals surface area contributed by atoms with Gasteiger partial charge in [-0.3, -0.25) is 0 Å². The van der Waals surface area contributed by atoms with Crippen LogP contribution in [0.3, 0.4) is 0 Å². The lowest BCUT2D eigenvalue weighted by molar-refractivity contribution is 0.410. The Morgan fingerprint density at radius 2 is 2.24 bits per heavy atom. The van der Waals surface area contributed by atoms with Crippen molar-refractivity contribution < 1.29 is 8.42 Å². The molecular weight excluding hydrogens is 240 g/mol. The van der Waals surface area contributed by atoms with Crippen LogP contribution in [0.15, 0.2) is 29.4 Å². The van der Waals surface area contributed by atoms with Crippen molar-refractivity contribution in [2.45, 2.75) is 10.9 Å². The van der Waals surface area contributed by atoms with E-state index in [1.807, 2.05) is 0 Å². The van der Waals surface area contributed by atoms with Crippen LogP contribution in [0.4, 0.5) is 0 Å². The summed E-state index contributed by atoms with van der Waals surface area (Å²) >= 11 is 0. The molecule has 3 rings (SSSR count). The van der Waals surface area contributed by atoms with Crippen molar-refractivity contribution in [2.75, 3.05) is 13.1 Å². The summed E-state index contributed by atoms with van der Waals surface area (Å²) in [6, 6.07) is 3.45. The summed E-state index contributed by atoms with van der Waals surface area (Å²) in [5, 5.41) is 3.64. The first-order valence-corrected chi connectivity index (χ1v) is 6.80. The first-order valence-electron chi connectivity index (χ1n) is 5.32. The first-order chi connectivity index (χ1) is 8.17. The number of hydrogen-bond acceptors (Lipinski definition) is 4. The molecule has 1 aliphatic rings. The third-order valence-corrected chi connectivity index (χ3v) is 4.37. The molecule has 0 saturated carbocycles. The van der Waals surface area contributed by atoms with E-state index < -0.39 is 10.0 Å². The van der Waals surface area contributed by atoms with Crippen molar-refractivity contribution in [3.8, 4) is 0 Å². The maximum Gasteiger partial charge on any atom is 0.243 e. The highest BCUT2D eigenvalue weighted by Gasteiger charge is 2.26. The summed E-state index contributed by atoms with van der Waals surface area (Å²) in [4.78, 5) is 7.18. The quantitative estimate of drug-likeness (QED) is 0.707. The van der Waals surface area contributed by atoms with E-state index in [1.54, 1.807) is 18.3 Å². The lowest BCUT2D eigenvalue weighted by Crippen LogP contribution is -2.56. The lowest BCUT2D eigenvalue weighted by Gasteiger charge is -2.27. The number of H-pyrrole nitrogens is 1. The van der Waals surface area contributed by atoms with Gasteiger partial charge in [0.05, 0.1) is 0 Å². The fourth-order valence-electron chi connectivity index (χ4n) is 1.81. The van der Waals surface area contributed by atoms with Crippen molar-refractivity contribution in [2.24, 2.45) is 0 Å². The van der Waals surface area contributed by atoms with Gasteiger partial charge in [0.25, 0.3) is 0 Å². The number of pyridine rings is 1. The number of sulfonamides is 1. The SMILES string of the molecule is O=S(=O)(NC1CNC1)c1c[nH]c2ncccc12. The van der Waals surface area contributed by atoms with Crippen LogP contribution >= 0.6 is 0 Å². The summed E-state index contributed by atoms with van der Waals surface area (Å²) < 4.78 is 26.9. The average Bonchev–Trinajstić information content (AvgIpc) is 2.68. The number of nitrogens with zero attached hydrogens (tertiary/aromatic N) is 1. The number of aromatic amines is 1. The summed E-state index contributed by atoms with van der Waals surface area (Å²) in [7, 11) is -3.46.